The Kier molecular flexibility index (Phi) is 7.37. The zero-order valence-electron chi connectivity index (χ0n) is 15.4. The van der Waals surface area contributed by atoms with Gasteiger partial charge in [-0.1, -0.05) is 42.5 Å². The molecule has 2 unspecified atom stereocenters. The van der Waals surface area contributed by atoms with E-state index >= 15 is 0 Å². The second kappa shape index (κ2) is 9.52. The minimum atomic E-state index is -3.16. The summed E-state index contributed by atoms with van der Waals surface area (Å²) in [5.74, 6) is -2.81. The Hall–Kier alpha value is -2.64. The van der Waals surface area contributed by atoms with Crippen molar-refractivity contribution in [2.75, 3.05) is 13.2 Å². The predicted octanol–water partition coefficient (Wildman–Crippen LogP) is 2.67. The highest BCUT2D eigenvalue weighted by Gasteiger charge is 2.44. The molecule has 2 atom stereocenters. The number of Topliss-reactive ketones (excluding diaryl/α,β-unsaturated/α-hetero) is 1. The van der Waals surface area contributed by atoms with Crippen molar-refractivity contribution >= 4 is 11.7 Å². The molecule has 5 nitrogen and oxygen atoms in total. The number of carbonyl (C=O) groups excluding carboxylic acids is 2. The number of aliphatic hydroxyl groups excluding tert-OH is 1. The van der Waals surface area contributed by atoms with E-state index in [9.17, 15) is 23.5 Å². The number of benzene rings is 2. The molecule has 0 saturated heterocycles. The Balaban J connectivity index is 1.98. The summed E-state index contributed by atoms with van der Waals surface area (Å²) in [6, 6.07) is 16.5. The molecule has 0 heterocycles. The maximum Gasteiger partial charge on any atom is 0.267 e. The summed E-state index contributed by atoms with van der Waals surface area (Å²) in [5.41, 5.74) is -0.250. The molecular formula is C21H23F2NO4. The van der Waals surface area contributed by atoms with Gasteiger partial charge in [-0.15, -0.1) is 0 Å². The van der Waals surface area contributed by atoms with Crippen LogP contribution in [-0.2, 0) is 4.79 Å². The van der Waals surface area contributed by atoms with Crippen LogP contribution >= 0.6 is 0 Å². The molecule has 0 aliphatic rings. The number of hydrogen-bond donors (Lipinski definition) is 3. The van der Waals surface area contributed by atoms with Gasteiger partial charge < -0.3 is 15.5 Å². The SMILES string of the molecule is CC(O)(C(F)F)C(CCNC(=O)c1ccc(-c2ccccc2)cc1)C(=O)CO. The van der Waals surface area contributed by atoms with E-state index in [1.807, 2.05) is 30.3 Å². The number of aliphatic hydroxyl groups is 2. The van der Waals surface area contributed by atoms with Crippen LogP contribution in [0.25, 0.3) is 11.1 Å². The van der Waals surface area contributed by atoms with Gasteiger partial charge in [0.05, 0.1) is 5.92 Å². The highest BCUT2D eigenvalue weighted by Crippen LogP contribution is 2.28. The molecule has 0 saturated carbocycles. The first-order valence-corrected chi connectivity index (χ1v) is 8.85. The number of hydrogen-bond acceptors (Lipinski definition) is 4. The molecule has 0 radical (unpaired) electrons. The lowest BCUT2D eigenvalue weighted by Gasteiger charge is -2.30. The van der Waals surface area contributed by atoms with E-state index in [1.54, 1.807) is 24.3 Å². The van der Waals surface area contributed by atoms with Gasteiger partial charge in [0.2, 0.25) is 0 Å². The molecule has 0 bridgehead atoms. The third-order valence-corrected chi connectivity index (χ3v) is 4.66. The molecular weight excluding hydrogens is 368 g/mol. The summed E-state index contributed by atoms with van der Waals surface area (Å²) in [6.45, 7) is -0.207. The van der Waals surface area contributed by atoms with E-state index in [2.05, 4.69) is 5.32 Å². The summed E-state index contributed by atoms with van der Waals surface area (Å²) in [6.07, 6.45) is -3.38. The summed E-state index contributed by atoms with van der Waals surface area (Å²) in [4.78, 5) is 24.0. The van der Waals surface area contributed by atoms with Crippen LogP contribution in [0, 0.1) is 5.92 Å². The summed E-state index contributed by atoms with van der Waals surface area (Å²) >= 11 is 0. The Morgan fingerprint density at radius 3 is 2.14 bits per heavy atom. The number of rotatable bonds is 9. The number of amides is 1. The minimum Gasteiger partial charge on any atom is -0.389 e. The van der Waals surface area contributed by atoms with Crippen molar-refractivity contribution in [1.29, 1.82) is 0 Å². The fourth-order valence-electron chi connectivity index (χ4n) is 2.92. The molecule has 0 aliphatic carbocycles. The number of ketones is 1. The summed E-state index contributed by atoms with van der Waals surface area (Å²) in [7, 11) is 0. The van der Waals surface area contributed by atoms with Crippen LogP contribution in [0.15, 0.2) is 54.6 Å². The summed E-state index contributed by atoms with van der Waals surface area (Å²) < 4.78 is 26.0. The average molecular weight is 391 g/mol. The number of halogens is 2. The normalized spacial score (nSPS) is 14.4. The zero-order chi connectivity index (χ0) is 20.7. The van der Waals surface area contributed by atoms with Crippen LogP contribution in [0.1, 0.15) is 23.7 Å². The van der Waals surface area contributed by atoms with Crippen LogP contribution in [0.2, 0.25) is 0 Å². The maximum absolute atomic E-state index is 13.0. The third kappa shape index (κ3) is 5.21. The van der Waals surface area contributed by atoms with Gasteiger partial charge in [-0.05, 0) is 36.6 Å². The molecule has 0 spiro atoms. The lowest BCUT2D eigenvalue weighted by molar-refractivity contribution is -0.152. The molecule has 0 aromatic heterocycles. The van der Waals surface area contributed by atoms with E-state index in [1.165, 1.54) is 0 Å². The van der Waals surface area contributed by atoms with Gasteiger partial charge in [0, 0.05) is 12.1 Å². The van der Waals surface area contributed by atoms with Gasteiger partial charge in [0.1, 0.15) is 12.2 Å². The van der Waals surface area contributed by atoms with Crippen molar-refractivity contribution < 1.29 is 28.6 Å². The standard InChI is InChI=1S/C21H23F2NO4/c1-21(28,20(22)23)17(18(26)13-25)11-12-24-19(27)16-9-7-15(8-10-16)14-5-3-2-4-6-14/h2-10,17,20,25,28H,11-13H2,1H3,(H,24,27). The number of alkyl halides is 2. The Morgan fingerprint density at radius 1 is 1.04 bits per heavy atom. The van der Waals surface area contributed by atoms with Crippen LogP contribution < -0.4 is 5.32 Å². The number of nitrogens with one attached hydrogen (secondary N) is 1. The van der Waals surface area contributed by atoms with E-state index in [4.69, 9.17) is 5.11 Å². The van der Waals surface area contributed by atoms with Gasteiger partial charge in [0.15, 0.2) is 5.78 Å². The monoisotopic (exact) mass is 391 g/mol. The second-order valence-electron chi connectivity index (χ2n) is 6.69. The second-order valence-corrected chi connectivity index (χ2v) is 6.69. The molecule has 2 aromatic rings. The van der Waals surface area contributed by atoms with E-state index in [0.717, 1.165) is 18.1 Å². The van der Waals surface area contributed by atoms with E-state index in [0.29, 0.717) is 5.56 Å². The van der Waals surface area contributed by atoms with E-state index < -0.39 is 36.2 Å². The Bertz CT molecular complexity index is 792. The largest absolute Gasteiger partial charge is 0.389 e. The molecule has 0 aliphatic heterocycles. The van der Waals surface area contributed by atoms with Gasteiger partial charge in [-0.2, -0.15) is 0 Å². The van der Waals surface area contributed by atoms with Crippen molar-refractivity contribution in [1.82, 2.24) is 5.32 Å². The third-order valence-electron chi connectivity index (χ3n) is 4.66. The molecule has 3 N–H and O–H groups in total. The van der Waals surface area contributed by atoms with E-state index in [-0.39, 0.29) is 13.0 Å². The van der Waals surface area contributed by atoms with Crippen LogP contribution in [0.4, 0.5) is 8.78 Å². The minimum absolute atomic E-state index is 0.0987. The van der Waals surface area contributed by atoms with Crippen molar-refractivity contribution in [3.63, 3.8) is 0 Å². The molecule has 1 amide bonds. The topological polar surface area (TPSA) is 86.6 Å². The van der Waals surface area contributed by atoms with Gasteiger partial charge in [-0.25, -0.2) is 8.78 Å². The van der Waals surface area contributed by atoms with Gasteiger partial charge in [0.25, 0.3) is 12.3 Å². The Morgan fingerprint density at radius 2 is 1.61 bits per heavy atom. The summed E-state index contributed by atoms with van der Waals surface area (Å²) in [5, 5.41) is 21.4. The molecule has 2 aromatic carbocycles. The molecule has 0 fully saturated rings. The first-order valence-electron chi connectivity index (χ1n) is 8.85. The predicted molar refractivity (Wildman–Crippen MR) is 101 cm³/mol. The van der Waals surface area contributed by atoms with Crippen LogP contribution in [-0.4, -0.2) is 47.1 Å². The Labute approximate surface area is 162 Å². The molecule has 7 heteroatoms. The van der Waals surface area contributed by atoms with Crippen LogP contribution in [0.5, 0.6) is 0 Å². The van der Waals surface area contributed by atoms with Crippen LogP contribution in [0.3, 0.4) is 0 Å². The average Bonchev–Trinajstić information content (AvgIpc) is 2.71. The molecule has 150 valence electrons. The first-order chi connectivity index (χ1) is 13.3. The quantitative estimate of drug-likeness (QED) is 0.613. The van der Waals surface area contributed by atoms with Gasteiger partial charge >= 0.3 is 0 Å². The zero-order valence-corrected chi connectivity index (χ0v) is 15.4. The fourth-order valence-corrected chi connectivity index (χ4v) is 2.92. The highest BCUT2D eigenvalue weighted by molar-refractivity contribution is 5.94. The number of carbonyl (C=O) groups is 2. The van der Waals surface area contributed by atoms with Crippen molar-refractivity contribution in [3.8, 4) is 11.1 Å². The highest BCUT2D eigenvalue weighted by atomic mass is 19.3. The van der Waals surface area contributed by atoms with Gasteiger partial charge in [-0.3, -0.25) is 9.59 Å². The smallest absolute Gasteiger partial charge is 0.267 e. The van der Waals surface area contributed by atoms with Crippen molar-refractivity contribution in [3.05, 3.63) is 60.2 Å². The molecule has 2 rings (SSSR count). The van der Waals surface area contributed by atoms with Crippen molar-refractivity contribution in [2.24, 2.45) is 5.92 Å². The molecule has 28 heavy (non-hydrogen) atoms. The first kappa shape index (κ1) is 21.7. The lowest BCUT2D eigenvalue weighted by atomic mass is 9.83. The lowest BCUT2D eigenvalue weighted by Crippen LogP contribution is -2.48. The van der Waals surface area contributed by atoms with Crippen molar-refractivity contribution in [2.45, 2.75) is 25.4 Å². The fraction of sp³-hybridized carbons (Fsp3) is 0.333. The maximum atomic E-state index is 13.0.